The van der Waals surface area contributed by atoms with E-state index >= 15 is 0 Å². The number of rotatable bonds is 5. The van der Waals surface area contributed by atoms with Crippen LogP contribution in [0.25, 0.3) is 0 Å². The molecule has 2 aliphatic rings. The van der Waals surface area contributed by atoms with Gasteiger partial charge in [-0.15, -0.1) is 4.72 Å². The number of hydrogen-bond acceptors (Lipinski definition) is 10. The van der Waals surface area contributed by atoms with Crippen LogP contribution in [0, 0.1) is 17.3 Å². The molecule has 1 amide bonds. The molecule has 2 aromatic heterocycles. The summed E-state index contributed by atoms with van der Waals surface area (Å²) in [6.07, 6.45) is 5.89. The third-order valence-electron chi connectivity index (χ3n) is 7.86. The summed E-state index contributed by atoms with van der Waals surface area (Å²) in [6.45, 7) is 7.38. The normalized spacial score (nSPS) is 18.1. The third kappa shape index (κ3) is 6.66. The monoisotopic (exact) mass is 638 g/mol. The Morgan fingerprint density at radius 1 is 1.21 bits per heavy atom. The van der Waals surface area contributed by atoms with Crippen molar-refractivity contribution >= 4 is 58.1 Å². The van der Waals surface area contributed by atoms with Crippen LogP contribution in [0.5, 0.6) is 0 Å². The summed E-state index contributed by atoms with van der Waals surface area (Å²) < 4.78 is 16.4. The molecule has 3 aromatic rings. The van der Waals surface area contributed by atoms with E-state index < -0.39 is 16.1 Å². The van der Waals surface area contributed by atoms with Crippen molar-refractivity contribution < 1.29 is 9.35 Å². The highest BCUT2D eigenvalue weighted by Gasteiger charge is 2.50. The molecule has 1 aromatic carbocycles. The Balaban J connectivity index is 1.36. The van der Waals surface area contributed by atoms with Gasteiger partial charge < -0.3 is 26.2 Å². The second kappa shape index (κ2) is 12.4. The number of pyridine rings is 1. The number of amides is 1. The van der Waals surface area contributed by atoms with Crippen LogP contribution in [0.3, 0.4) is 0 Å². The Morgan fingerprint density at radius 2 is 1.95 bits per heavy atom. The van der Waals surface area contributed by atoms with Gasteiger partial charge in [0.1, 0.15) is 21.4 Å². The van der Waals surface area contributed by atoms with Gasteiger partial charge in [0.25, 0.3) is 5.91 Å². The van der Waals surface area contributed by atoms with Crippen LogP contribution in [0.4, 0.5) is 17.5 Å². The van der Waals surface area contributed by atoms with Crippen molar-refractivity contribution in [2.75, 3.05) is 36.5 Å². The molecule has 1 aliphatic carbocycles. The number of aromatic nitrogens is 3. The zero-order valence-corrected chi connectivity index (χ0v) is 26.9. The number of nitrogens with zero attached hydrogens (tertiary/aromatic N) is 4. The number of piperidine rings is 1. The highest BCUT2D eigenvalue weighted by Crippen LogP contribution is 2.53. The predicted molar refractivity (Wildman–Crippen MR) is 173 cm³/mol. The van der Waals surface area contributed by atoms with E-state index in [4.69, 9.17) is 23.1 Å². The van der Waals surface area contributed by atoms with E-state index in [1.807, 2.05) is 32.9 Å². The molecule has 0 bridgehead atoms. The average Bonchev–Trinajstić information content (AvgIpc) is 3.26. The van der Waals surface area contributed by atoms with E-state index in [0.717, 1.165) is 43.5 Å². The summed E-state index contributed by atoms with van der Waals surface area (Å²) in [5.41, 5.74) is 15.1. The summed E-state index contributed by atoms with van der Waals surface area (Å²) in [6, 6.07) is 7.71. The molecule has 1 fully saturated rings. The Hall–Kier alpha value is -3.21. The fourth-order valence-corrected chi connectivity index (χ4v) is 7.42. The Labute approximate surface area is 264 Å². The van der Waals surface area contributed by atoms with Gasteiger partial charge in [0.15, 0.2) is 5.82 Å². The molecule has 226 valence electrons. The first kappa shape index (κ1) is 31.2. The number of nitrogen functional groups attached to an aromatic ring is 2. The topological polar surface area (TPSA) is 158 Å². The number of benzene rings is 1. The van der Waals surface area contributed by atoms with E-state index in [0.29, 0.717) is 26.6 Å². The lowest BCUT2D eigenvalue weighted by atomic mass is 9.73. The smallest absolute Gasteiger partial charge is 0.295 e. The third-order valence-corrected chi connectivity index (χ3v) is 11.0. The van der Waals surface area contributed by atoms with Gasteiger partial charge in [0.05, 0.1) is 17.3 Å². The average molecular weight is 639 g/mol. The second-order valence-electron chi connectivity index (χ2n) is 11.7. The van der Waals surface area contributed by atoms with Crippen molar-refractivity contribution in [3.05, 3.63) is 58.4 Å². The van der Waals surface area contributed by atoms with E-state index in [2.05, 4.69) is 47.8 Å². The molecular formula is C30H35ClN8O2S2. The van der Waals surface area contributed by atoms with Crippen molar-refractivity contribution in [3.8, 4) is 11.8 Å². The minimum Gasteiger partial charge on any atom is -0.598 e. The van der Waals surface area contributed by atoms with Crippen LogP contribution < -0.4 is 26.4 Å². The zero-order chi connectivity index (χ0) is 30.9. The van der Waals surface area contributed by atoms with Crippen molar-refractivity contribution in [3.63, 3.8) is 0 Å². The maximum Gasteiger partial charge on any atom is 0.295 e. The van der Waals surface area contributed by atoms with E-state index in [1.54, 1.807) is 25.5 Å². The molecule has 3 heterocycles. The molecular weight excluding hydrogens is 604 g/mol. The Morgan fingerprint density at radius 3 is 2.63 bits per heavy atom. The van der Waals surface area contributed by atoms with Gasteiger partial charge in [-0.1, -0.05) is 35.3 Å². The van der Waals surface area contributed by atoms with Crippen LogP contribution in [0.2, 0.25) is 5.02 Å². The van der Waals surface area contributed by atoms with Gasteiger partial charge in [-0.05, 0) is 69.4 Å². The number of fused-ring (bicyclic) bond motifs is 1. The molecule has 0 saturated carbocycles. The number of carbonyl (C=O) groups excluding carboxylic acids is 1. The van der Waals surface area contributed by atoms with E-state index in [-0.39, 0.29) is 23.2 Å². The summed E-state index contributed by atoms with van der Waals surface area (Å²) >= 11 is 6.32. The number of nitrogens with one attached hydrogen (secondary N) is 2. The SMILES string of the molecule is CNC(=O)C#Cc1ccc2c(c1)[C@@H](N[S+]([O-])C(C)(C)C)C1(CCN(c3cnc(Sc4ccnc(N)c4Cl)c(N)n3)CC1)C2. The van der Waals surface area contributed by atoms with Crippen LogP contribution >= 0.6 is 23.4 Å². The first-order valence-electron chi connectivity index (χ1n) is 13.9. The molecule has 10 nitrogen and oxygen atoms in total. The van der Waals surface area contributed by atoms with Crippen molar-refractivity contribution in [2.45, 2.75) is 60.7 Å². The summed E-state index contributed by atoms with van der Waals surface area (Å²) in [5.74, 6) is 6.51. The lowest BCUT2D eigenvalue weighted by Gasteiger charge is -2.44. The van der Waals surface area contributed by atoms with Gasteiger partial charge in [-0.25, -0.2) is 15.0 Å². The lowest BCUT2D eigenvalue weighted by molar-refractivity contribution is -0.115. The fraction of sp³-hybridized carbons (Fsp3) is 0.400. The van der Waals surface area contributed by atoms with Gasteiger partial charge in [-0.2, -0.15) is 0 Å². The summed E-state index contributed by atoms with van der Waals surface area (Å²) in [7, 11) is 1.56. The molecule has 1 saturated heterocycles. The molecule has 1 spiro atoms. The quantitative estimate of drug-likeness (QED) is 0.239. The first-order valence-corrected chi connectivity index (χ1v) is 16.2. The van der Waals surface area contributed by atoms with Crippen LogP contribution in [-0.4, -0.2) is 50.3 Å². The second-order valence-corrected chi connectivity index (χ2v) is 15.1. The maximum atomic E-state index is 13.4. The molecule has 1 unspecified atom stereocenters. The minimum atomic E-state index is -1.28. The highest BCUT2D eigenvalue weighted by atomic mass is 35.5. The molecule has 5 rings (SSSR count). The number of hydrogen-bond donors (Lipinski definition) is 4. The molecule has 6 N–H and O–H groups in total. The van der Waals surface area contributed by atoms with E-state index in [1.165, 1.54) is 17.3 Å². The Kier molecular flexibility index (Phi) is 9.02. The minimum absolute atomic E-state index is 0.126. The van der Waals surface area contributed by atoms with Crippen molar-refractivity contribution in [1.82, 2.24) is 25.0 Å². The number of carbonyl (C=O) groups is 1. The molecule has 0 radical (unpaired) electrons. The number of halogens is 1. The molecule has 2 atom stereocenters. The predicted octanol–water partition coefficient (Wildman–Crippen LogP) is 3.87. The van der Waals surface area contributed by atoms with Gasteiger partial charge >= 0.3 is 0 Å². The van der Waals surface area contributed by atoms with Gasteiger partial charge in [-0.3, -0.25) is 4.79 Å². The zero-order valence-electron chi connectivity index (χ0n) is 24.5. The van der Waals surface area contributed by atoms with Crippen LogP contribution in [-0.2, 0) is 22.6 Å². The fourth-order valence-electron chi connectivity index (χ4n) is 5.46. The molecule has 1 aliphatic heterocycles. The standard InChI is InChI=1S/C30H35ClN8O2S2/c1-29(2,3)43(41)38-25-20-15-18(6-8-23(40)34-4)5-7-19(20)16-30(25)10-13-39(14-11-30)22-17-36-28(27(33)37-22)42-21-9-12-35-26(32)24(21)31/h5,7,9,12,15,17,25,38H,10-11,13-14,16H2,1-4H3,(H2,32,35)(H2,33,37)(H,34,40)/t25-,43?/m1/s1. The maximum absolute atomic E-state index is 13.4. The first-order chi connectivity index (χ1) is 20.4. The van der Waals surface area contributed by atoms with Gasteiger partial charge in [0.2, 0.25) is 0 Å². The van der Waals surface area contributed by atoms with Crippen molar-refractivity contribution in [1.29, 1.82) is 0 Å². The van der Waals surface area contributed by atoms with Crippen LogP contribution in [0.1, 0.15) is 56.3 Å². The molecule has 13 heteroatoms. The number of nitrogens with two attached hydrogens (primary N) is 2. The number of anilines is 3. The summed E-state index contributed by atoms with van der Waals surface area (Å²) in [5, 5.41) is 3.43. The van der Waals surface area contributed by atoms with Crippen LogP contribution in [0.15, 0.2) is 46.6 Å². The largest absolute Gasteiger partial charge is 0.598 e. The van der Waals surface area contributed by atoms with Crippen molar-refractivity contribution in [2.24, 2.45) is 5.41 Å². The van der Waals surface area contributed by atoms with Gasteiger partial charge in [0, 0.05) is 59.5 Å². The Bertz CT molecular complexity index is 1600. The highest BCUT2D eigenvalue weighted by molar-refractivity contribution is 7.99. The van der Waals surface area contributed by atoms with E-state index in [9.17, 15) is 9.35 Å². The lowest BCUT2D eigenvalue weighted by Crippen LogP contribution is -2.49. The molecule has 43 heavy (non-hydrogen) atoms. The summed E-state index contributed by atoms with van der Waals surface area (Å²) in [4.78, 5) is 27.9.